The van der Waals surface area contributed by atoms with Crippen LogP contribution in [-0.4, -0.2) is 117 Å². The van der Waals surface area contributed by atoms with Crippen LogP contribution in [0.3, 0.4) is 0 Å². The summed E-state index contributed by atoms with van der Waals surface area (Å²) >= 11 is 0. The summed E-state index contributed by atoms with van der Waals surface area (Å²) in [6, 6.07) is 0. The van der Waals surface area contributed by atoms with E-state index >= 15 is 0 Å². The molecule has 3 aliphatic heterocycles. The van der Waals surface area contributed by atoms with Crippen LogP contribution in [0.4, 0.5) is 5.82 Å². The normalized spacial score (nSPS) is 32.6. The lowest BCUT2D eigenvalue weighted by atomic mass is 10.1. The van der Waals surface area contributed by atoms with E-state index in [1.165, 1.54) is 28.2 Å². The van der Waals surface area contributed by atoms with Crippen LogP contribution in [-0.2, 0) is 36.8 Å². The first-order chi connectivity index (χ1) is 20.7. The summed E-state index contributed by atoms with van der Waals surface area (Å²) in [5, 5.41) is 41.6. The number of allylic oxidation sites excluding steroid dienone is 1. The van der Waals surface area contributed by atoms with E-state index in [9.17, 15) is 44.1 Å². The minimum Gasteiger partial charge on any atom is -0.387 e. The maximum atomic E-state index is 12.4. The van der Waals surface area contributed by atoms with Crippen LogP contribution < -0.4 is 17.6 Å². The highest BCUT2D eigenvalue weighted by Crippen LogP contribution is 2.60. The average molecular weight is 682 g/mol. The fraction of sp³-hybridized carbons (Fsp3) is 0.524. The molecule has 0 radical (unpaired) electrons. The molecule has 0 saturated carbocycles. The van der Waals surface area contributed by atoms with Gasteiger partial charge in [-0.15, -0.1) is 0 Å². The second-order valence-corrected chi connectivity index (χ2v) is 12.9. The van der Waals surface area contributed by atoms with Crippen molar-refractivity contribution in [2.75, 3.05) is 18.9 Å². The number of fused-ring (bicyclic) bond motifs is 1. The number of nitrogens with two attached hydrogens (primary N) is 2. The predicted octanol–water partition coefficient (Wildman–Crippen LogP) is -2.52. The van der Waals surface area contributed by atoms with Crippen molar-refractivity contribution in [2.24, 2.45) is 5.73 Å². The van der Waals surface area contributed by atoms with E-state index in [1.807, 2.05) is 0 Å². The summed E-state index contributed by atoms with van der Waals surface area (Å²) in [5.41, 5.74) is 11.6. The number of carbonyl (C=O) groups is 1. The number of ether oxygens (including phenoxy) is 2. The molecular formula is C21H32N8O14P2. The number of amides is 1. The quantitative estimate of drug-likeness (QED) is 0.110. The summed E-state index contributed by atoms with van der Waals surface area (Å²) in [4.78, 5) is 44.6. The van der Waals surface area contributed by atoms with Crippen LogP contribution in [0.5, 0.6) is 0 Å². The Balaban J connectivity index is 0.00000461. The molecule has 45 heavy (non-hydrogen) atoms. The van der Waals surface area contributed by atoms with Crippen molar-refractivity contribution in [1.29, 1.82) is 0 Å². The van der Waals surface area contributed by atoms with Crippen LogP contribution in [0.25, 0.3) is 11.2 Å². The maximum absolute atomic E-state index is 12.4. The molecule has 13 N–H and O–H groups in total. The van der Waals surface area contributed by atoms with Crippen LogP contribution in [0, 0.1) is 0 Å². The summed E-state index contributed by atoms with van der Waals surface area (Å²) in [6.45, 7) is -1.79. The van der Waals surface area contributed by atoms with Crippen molar-refractivity contribution < 1.29 is 67.0 Å². The molecule has 2 fully saturated rings. The van der Waals surface area contributed by atoms with Gasteiger partial charge in [-0.3, -0.25) is 18.4 Å². The molecule has 2 unspecified atom stereocenters. The van der Waals surface area contributed by atoms with Gasteiger partial charge in [-0.25, -0.2) is 24.1 Å². The summed E-state index contributed by atoms with van der Waals surface area (Å²) < 4.78 is 50.8. The van der Waals surface area contributed by atoms with Crippen LogP contribution >= 0.6 is 15.6 Å². The zero-order chi connectivity index (χ0) is 32.0. The molecule has 2 aromatic rings. The molecule has 22 nitrogen and oxygen atoms in total. The number of anilines is 1. The standard InChI is InChI=1S/C21H29N7O14P2.H3N/c22-17-12-19(25-7-24-17)28(8-26-12)21-16(32)14(30)11(41-21)6-39-44(36,37)42-43(34,35)38-5-10-13(29)15(31)20(40-10)27-3-1-2-9(4-27)18(23)33;/h1,3-4,7-8,10-11,13-16,20-21,29-32H,2,5-6H2,(H2,23,33)(H,34,35)(H,36,37)(H2,22,24,25);1H3/t10-,11-,13-,14-,15-,16-,20-,21-;/m1./s1. The lowest BCUT2D eigenvalue weighted by Crippen LogP contribution is -2.40. The van der Waals surface area contributed by atoms with Crippen LogP contribution in [0.1, 0.15) is 12.6 Å². The highest BCUT2D eigenvalue weighted by Gasteiger charge is 2.48. The van der Waals surface area contributed by atoms with Gasteiger partial charge in [-0.1, -0.05) is 6.08 Å². The predicted molar refractivity (Wildman–Crippen MR) is 147 cm³/mol. The molecule has 3 aliphatic rings. The van der Waals surface area contributed by atoms with Crippen molar-refractivity contribution in [3.8, 4) is 0 Å². The molecule has 24 heteroatoms. The van der Waals surface area contributed by atoms with Gasteiger partial charge in [0.05, 0.1) is 19.5 Å². The first-order valence-electron chi connectivity index (χ1n) is 12.7. The highest BCUT2D eigenvalue weighted by molar-refractivity contribution is 7.61. The van der Waals surface area contributed by atoms with Gasteiger partial charge in [0.1, 0.15) is 48.5 Å². The van der Waals surface area contributed by atoms with Crippen molar-refractivity contribution in [1.82, 2.24) is 30.6 Å². The van der Waals surface area contributed by atoms with Crippen molar-refractivity contribution in [3.05, 3.63) is 36.7 Å². The molecule has 0 aliphatic carbocycles. The third-order valence-electron chi connectivity index (χ3n) is 6.88. The number of aliphatic hydroxyl groups excluding tert-OH is 4. The molecule has 2 saturated heterocycles. The van der Waals surface area contributed by atoms with Gasteiger partial charge < -0.3 is 62.2 Å². The van der Waals surface area contributed by atoms with Crippen molar-refractivity contribution >= 4 is 38.5 Å². The second kappa shape index (κ2) is 13.4. The number of nitrogen functional groups attached to an aromatic ring is 1. The number of imidazole rings is 1. The Hall–Kier alpha value is -2.92. The minimum atomic E-state index is -5.37. The fourth-order valence-electron chi connectivity index (χ4n) is 4.68. The third-order valence-corrected chi connectivity index (χ3v) is 9.48. The zero-order valence-corrected chi connectivity index (χ0v) is 24.9. The number of aliphatic hydroxyl groups is 4. The van der Waals surface area contributed by atoms with Gasteiger partial charge in [0, 0.05) is 18.0 Å². The van der Waals surface area contributed by atoms with Crippen molar-refractivity contribution in [3.63, 3.8) is 0 Å². The topological polar surface area (TPSA) is 353 Å². The number of hydrogen-bond acceptors (Lipinski definition) is 18. The number of nitrogens with zero attached hydrogens (tertiary/aromatic N) is 5. The molecule has 2 aromatic heterocycles. The van der Waals surface area contributed by atoms with E-state index in [0.717, 1.165) is 6.33 Å². The average Bonchev–Trinajstić information content (AvgIpc) is 3.61. The number of carbonyl (C=O) groups excluding carboxylic acids is 1. The van der Waals surface area contributed by atoms with Gasteiger partial charge in [-0.05, 0) is 6.42 Å². The summed E-state index contributed by atoms with van der Waals surface area (Å²) in [7, 11) is -10.7. The summed E-state index contributed by atoms with van der Waals surface area (Å²) in [6.07, 6.45) is -4.88. The second-order valence-electron chi connectivity index (χ2n) is 9.84. The number of hydrogen-bond donors (Lipinski definition) is 9. The first-order valence-corrected chi connectivity index (χ1v) is 15.7. The minimum absolute atomic E-state index is 0. The Morgan fingerprint density at radius 2 is 1.53 bits per heavy atom. The van der Waals surface area contributed by atoms with Gasteiger partial charge in [-0.2, -0.15) is 4.31 Å². The Labute approximate surface area is 253 Å². The molecule has 0 spiro atoms. The van der Waals surface area contributed by atoms with Gasteiger partial charge in [0.2, 0.25) is 5.91 Å². The van der Waals surface area contributed by atoms with E-state index in [2.05, 4.69) is 19.3 Å². The number of primary amides is 1. The Bertz CT molecular complexity index is 1560. The molecule has 250 valence electrons. The molecule has 5 rings (SSSR count). The number of aromatic nitrogens is 4. The lowest BCUT2D eigenvalue weighted by molar-refractivity contribution is -0.115. The number of phosphoric acid groups is 2. The van der Waals surface area contributed by atoms with Crippen LogP contribution in [0.2, 0.25) is 0 Å². The van der Waals surface area contributed by atoms with Gasteiger partial charge >= 0.3 is 15.6 Å². The lowest BCUT2D eigenvalue weighted by Gasteiger charge is -2.28. The van der Waals surface area contributed by atoms with Crippen LogP contribution in [0.15, 0.2) is 36.7 Å². The van der Waals surface area contributed by atoms with Gasteiger partial charge in [0.15, 0.2) is 23.9 Å². The molecule has 5 heterocycles. The first kappa shape index (κ1) is 34.9. The largest absolute Gasteiger partial charge is 0.481 e. The van der Waals surface area contributed by atoms with E-state index in [1.54, 1.807) is 6.08 Å². The number of rotatable bonds is 11. The molecule has 0 aromatic carbocycles. The van der Waals surface area contributed by atoms with E-state index < -0.39 is 83.8 Å². The monoisotopic (exact) mass is 682 g/mol. The molecule has 10 atom stereocenters. The van der Waals surface area contributed by atoms with E-state index in [4.69, 9.17) is 30.0 Å². The molecule has 1 amide bonds. The van der Waals surface area contributed by atoms with Crippen molar-refractivity contribution in [2.45, 2.75) is 55.5 Å². The zero-order valence-electron chi connectivity index (χ0n) is 23.1. The SMILES string of the molecule is N.NC(=O)C1=CN([C@@H]2O[C@H](COP(=O)(O)OP(=O)(O)OC[C@H]3O[C@@H](n4cnc5c(N)ncnc54)[C@H](O)[C@@H]3O)[C@@H](O)[C@H]2O)C=CC1. The summed E-state index contributed by atoms with van der Waals surface area (Å²) in [5.74, 6) is -0.658. The fourth-order valence-corrected chi connectivity index (χ4v) is 6.77. The van der Waals surface area contributed by atoms with E-state index in [-0.39, 0.29) is 35.1 Å². The highest BCUT2D eigenvalue weighted by atomic mass is 31.3. The third kappa shape index (κ3) is 7.40. The Kier molecular flexibility index (Phi) is 10.4. The number of phosphoric ester groups is 2. The maximum Gasteiger partial charge on any atom is 0.481 e. The smallest absolute Gasteiger partial charge is 0.387 e. The molecular weight excluding hydrogens is 650 g/mol. The molecule has 0 bridgehead atoms. The Morgan fingerprint density at radius 1 is 0.956 bits per heavy atom. The van der Waals surface area contributed by atoms with Gasteiger partial charge in [0.25, 0.3) is 0 Å². The Morgan fingerprint density at radius 3 is 2.13 bits per heavy atom. The van der Waals surface area contributed by atoms with E-state index in [0.29, 0.717) is 0 Å².